The Balaban J connectivity index is 1.22. The molecule has 1 unspecified atom stereocenters. The summed E-state index contributed by atoms with van der Waals surface area (Å²) in [5.74, 6) is 1.72. The van der Waals surface area contributed by atoms with Crippen LogP contribution in [0.25, 0.3) is 10.8 Å². The molecule has 3 aliphatic rings. The predicted molar refractivity (Wildman–Crippen MR) is 267 cm³/mol. The van der Waals surface area contributed by atoms with E-state index in [4.69, 9.17) is 21.1 Å². The Kier molecular flexibility index (Phi) is 15.7. The van der Waals surface area contributed by atoms with Gasteiger partial charge in [0.2, 0.25) is 5.69 Å². The number of ether oxygens (including phenoxy) is 1. The SMILES string of the molecule is CN(C)CCCNC(=S)NCCC[N+]1=C(/C=C/C2=C(Oc3ccccc3)C(=C/C=C3/N(CCCCOS(=O)[O-])c4ccccc4C3(C)C)/CCC2)C(C)(C)c2c1ccc1ccccc21. The van der Waals surface area contributed by atoms with Crippen molar-refractivity contribution >= 4 is 56.6 Å². The normalized spacial score (nSPS) is 18.4. The maximum Gasteiger partial charge on any atom is 0.210 e. The first kappa shape index (κ1) is 47.1. The number of para-hydroxylation sites is 2. The van der Waals surface area contributed by atoms with Crippen molar-refractivity contribution in [3.05, 3.63) is 149 Å². The summed E-state index contributed by atoms with van der Waals surface area (Å²) in [6.45, 7) is 13.7. The Labute approximate surface area is 389 Å². The molecule has 338 valence electrons. The molecule has 1 aliphatic carbocycles. The minimum atomic E-state index is -2.50. The van der Waals surface area contributed by atoms with Gasteiger partial charge in [0.25, 0.3) is 0 Å². The summed E-state index contributed by atoms with van der Waals surface area (Å²) >= 11 is 3.14. The zero-order valence-electron chi connectivity index (χ0n) is 38.5. The number of fused-ring (bicyclic) bond motifs is 4. The molecule has 9 nitrogen and oxygen atoms in total. The number of hydrogen-bond acceptors (Lipinski definition) is 7. The first-order chi connectivity index (χ1) is 30.9. The molecule has 0 amide bonds. The highest BCUT2D eigenvalue weighted by molar-refractivity contribution is 7.80. The van der Waals surface area contributed by atoms with Gasteiger partial charge >= 0.3 is 0 Å². The van der Waals surface area contributed by atoms with Gasteiger partial charge in [0.15, 0.2) is 17.4 Å². The third-order valence-electron chi connectivity index (χ3n) is 12.7. The molecular weight excluding hydrogens is 835 g/mol. The molecule has 0 bridgehead atoms. The van der Waals surface area contributed by atoms with Crippen LogP contribution in [0.2, 0.25) is 0 Å². The van der Waals surface area contributed by atoms with Gasteiger partial charge in [0.05, 0.1) is 23.4 Å². The van der Waals surface area contributed by atoms with Gasteiger partial charge in [-0.15, -0.1) is 0 Å². The maximum atomic E-state index is 11.0. The fourth-order valence-electron chi connectivity index (χ4n) is 9.57. The van der Waals surface area contributed by atoms with Crippen LogP contribution in [-0.4, -0.2) is 82.5 Å². The Morgan fingerprint density at radius 3 is 2.38 bits per heavy atom. The molecule has 0 saturated heterocycles. The van der Waals surface area contributed by atoms with Gasteiger partial charge in [0, 0.05) is 60.6 Å². The van der Waals surface area contributed by atoms with Crippen LogP contribution in [0.15, 0.2) is 138 Å². The lowest BCUT2D eigenvalue weighted by molar-refractivity contribution is -0.437. The summed E-state index contributed by atoms with van der Waals surface area (Å²) in [6.07, 6.45) is 15.4. The van der Waals surface area contributed by atoms with E-state index >= 15 is 0 Å². The summed E-state index contributed by atoms with van der Waals surface area (Å²) in [5.41, 5.74) is 9.41. The molecule has 0 radical (unpaired) electrons. The number of benzene rings is 4. The van der Waals surface area contributed by atoms with E-state index in [2.05, 4.69) is 152 Å². The number of allylic oxidation sites excluding steroid dienone is 7. The monoisotopic (exact) mass is 899 g/mol. The van der Waals surface area contributed by atoms with Crippen LogP contribution in [0, 0.1) is 0 Å². The Morgan fingerprint density at radius 2 is 1.59 bits per heavy atom. The first-order valence-electron chi connectivity index (χ1n) is 22.9. The summed E-state index contributed by atoms with van der Waals surface area (Å²) in [6, 6.07) is 32.0. The van der Waals surface area contributed by atoms with E-state index in [-0.39, 0.29) is 17.4 Å². The number of thiocarbonyl (C=S) groups is 1. The number of anilines is 1. The van der Waals surface area contributed by atoms with Crippen molar-refractivity contribution in [2.24, 2.45) is 0 Å². The van der Waals surface area contributed by atoms with Crippen LogP contribution in [0.3, 0.4) is 0 Å². The Bertz CT molecular complexity index is 2490. The lowest BCUT2D eigenvalue weighted by atomic mass is 9.78. The molecule has 0 fully saturated rings. The van der Waals surface area contributed by atoms with Gasteiger partial charge in [-0.25, -0.2) is 4.21 Å². The standard InChI is InChI=1S/C53H65N5O4S2/c1-52(2)44-25-12-13-26-45(44)57(36-14-15-38-61-64(59)60)47(52)31-28-40-20-16-21-41(50(40)62-42-22-8-7-9-23-42)29-32-48-53(3,4)49-43-24-11-10-19-39(43)27-30-46(49)58(48)37-18-34-55-51(63)54-33-17-35-56(5)6/h7-13,19,22-32H,14-18,20-21,33-38H2,1-6H3,(H2-,54,55,59,60,63). The minimum Gasteiger partial charge on any atom is -0.750 e. The van der Waals surface area contributed by atoms with E-state index in [1.54, 1.807) is 0 Å². The van der Waals surface area contributed by atoms with Gasteiger partial charge < -0.3 is 33.9 Å². The van der Waals surface area contributed by atoms with Gasteiger partial charge in [-0.2, -0.15) is 4.58 Å². The molecule has 0 aromatic heterocycles. The number of nitrogens with one attached hydrogen (secondary N) is 2. The van der Waals surface area contributed by atoms with Crippen LogP contribution >= 0.6 is 12.2 Å². The van der Waals surface area contributed by atoms with Crippen molar-refractivity contribution in [3.63, 3.8) is 0 Å². The molecule has 2 heterocycles. The van der Waals surface area contributed by atoms with E-state index in [1.807, 2.05) is 30.3 Å². The van der Waals surface area contributed by atoms with Crippen LogP contribution in [0.5, 0.6) is 5.75 Å². The number of hydrogen-bond donors (Lipinski definition) is 2. The van der Waals surface area contributed by atoms with E-state index in [9.17, 15) is 8.76 Å². The largest absolute Gasteiger partial charge is 0.750 e. The second-order valence-corrected chi connectivity index (χ2v) is 19.3. The van der Waals surface area contributed by atoms with E-state index in [0.29, 0.717) is 11.5 Å². The summed E-state index contributed by atoms with van der Waals surface area (Å²) in [7, 11) is 4.18. The quantitative estimate of drug-likeness (QED) is 0.0413. The smallest absolute Gasteiger partial charge is 0.210 e. The lowest BCUT2D eigenvalue weighted by Crippen LogP contribution is -2.37. The Morgan fingerprint density at radius 1 is 0.859 bits per heavy atom. The minimum absolute atomic E-state index is 0.178. The third-order valence-corrected chi connectivity index (χ3v) is 13.4. The highest BCUT2D eigenvalue weighted by Gasteiger charge is 2.45. The highest BCUT2D eigenvalue weighted by atomic mass is 32.2. The molecule has 1 atom stereocenters. The summed E-state index contributed by atoms with van der Waals surface area (Å²) < 4.78 is 36.3. The highest BCUT2D eigenvalue weighted by Crippen LogP contribution is 2.48. The molecule has 4 aromatic rings. The average Bonchev–Trinajstić information content (AvgIpc) is 3.63. The molecule has 7 rings (SSSR count). The van der Waals surface area contributed by atoms with Crippen LogP contribution in [-0.2, 0) is 26.4 Å². The molecule has 0 saturated carbocycles. The number of nitrogens with zero attached hydrogens (tertiary/aromatic N) is 3. The second kappa shape index (κ2) is 21.4. The first-order valence-corrected chi connectivity index (χ1v) is 24.3. The van der Waals surface area contributed by atoms with Crippen LogP contribution in [0.4, 0.5) is 11.4 Å². The average molecular weight is 900 g/mol. The zero-order chi connectivity index (χ0) is 45.3. The van der Waals surface area contributed by atoms with Crippen molar-refractivity contribution < 1.29 is 22.3 Å². The summed E-state index contributed by atoms with van der Waals surface area (Å²) in [5, 5.41) is 10.1. The lowest BCUT2D eigenvalue weighted by Gasteiger charge is -2.27. The number of unbranched alkanes of at least 4 members (excludes halogenated alkanes) is 1. The second-order valence-electron chi connectivity index (χ2n) is 18.3. The van der Waals surface area contributed by atoms with Crippen molar-refractivity contribution in [1.82, 2.24) is 15.5 Å². The van der Waals surface area contributed by atoms with E-state index < -0.39 is 11.4 Å². The molecule has 64 heavy (non-hydrogen) atoms. The van der Waals surface area contributed by atoms with Gasteiger partial charge in [0.1, 0.15) is 11.5 Å². The van der Waals surface area contributed by atoms with Gasteiger partial charge in [-0.1, -0.05) is 80.6 Å². The molecule has 11 heteroatoms. The maximum absolute atomic E-state index is 11.0. The van der Waals surface area contributed by atoms with Crippen molar-refractivity contribution in [2.75, 3.05) is 58.3 Å². The van der Waals surface area contributed by atoms with Crippen LogP contribution < -0.4 is 20.3 Å². The molecule has 2 aliphatic heterocycles. The molecule has 4 aromatic carbocycles. The van der Waals surface area contributed by atoms with Crippen LogP contribution in [0.1, 0.15) is 83.8 Å². The van der Waals surface area contributed by atoms with E-state index in [0.717, 1.165) is 82.8 Å². The predicted octanol–water partition coefficient (Wildman–Crippen LogP) is 10.3. The van der Waals surface area contributed by atoms with Crippen molar-refractivity contribution in [2.45, 2.75) is 83.5 Å². The van der Waals surface area contributed by atoms with E-state index in [1.165, 1.54) is 55.8 Å². The molecule has 0 spiro atoms. The third kappa shape index (κ3) is 10.9. The van der Waals surface area contributed by atoms with Crippen molar-refractivity contribution in [3.8, 4) is 5.75 Å². The zero-order valence-corrected chi connectivity index (χ0v) is 40.1. The fraction of sp³-hybridized carbons (Fsp3) is 0.396. The van der Waals surface area contributed by atoms with Crippen molar-refractivity contribution in [1.29, 1.82) is 0 Å². The fourth-order valence-corrected chi connectivity index (χ4v) is 10.0. The Hall–Kier alpha value is -4.91. The number of rotatable bonds is 19. The van der Waals surface area contributed by atoms with Gasteiger partial charge in [-0.05, 0) is 149 Å². The summed E-state index contributed by atoms with van der Waals surface area (Å²) in [4.78, 5) is 4.58. The molecular formula is C53H65N5O4S2. The molecule has 2 N–H and O–H groups in total. The van der Waals surface area contributed by atoms with Gasteiger partial charge in [-0.3, -0.25) is 0 Å². The topological polar surface area (TPSA) is 92.1 Å².